The van der Waals surface area contributed by atoms with Crippen LogP contribution in [0.3, 0.4) is 0 Å². The van der Waals surface area contributed by atoms with E-state index in [1.165, 1.54) is 7.05 Å². The Labute approximate surface area is 103 Å². The van der Waals surface area contributed by atoms with Crippen LogP contribution in [0, 0.1) is 11.6 Å². The fourth-order valence-corrected chi connectivity index (χ4v) is 1.39. The van der Waals surface area contributed by atoms with Crippen molar-refractivity contribution < 1.29 is 22.0 Å². The molecule has 0 spiro atoms. The highest BCUT2D eigenvalue weighted by Crippen LogP contribution is 2.28. The molecule has 0 radical (unpaired) electrons. The number of aromatic nitrogens is 3. The first-order valence-electron chi connectivity index (χ1n) is 5.00. The third-order valence-electron chi connectivity index (χ3n) is 2.24. The predicted molar refractivity (Wildman–Crippen MR) is 55.8 cm³/mol. The molecule has 0 aliphatic heterocycles. The molecule has 9 heteroatoms. The van der Waals surface area contributed by atoms with Gasteiger partial charge >= 0.3 is 6.18 Å². The summed E-state index contributed by atoms with van der Waals surface area (Å²) in [7, 11) is 1.34. The van der Waals surface area contributed by atoms with Crippen molar-refractivity contribution in [2.24, 2.45) is 0 Å². The van der Waals surface area contributed by atoms with E-state index in [1.807, 2.05) is 0 Å². The topological polar surface area (TPSA) is 42.7 Å². The lowest BCUT2D eigenvalue weighted by Crippen LogP contribution is -2.10. The maximum atomic E-state index is 13.5. The standard InChI is InChI=1S/C10H7F5N4/c1-16-8-5(11)4-6(12)9(17-8)19-3-2-7(18-19)10(13,14)15/h2-4H,1H3,(H,16,17). The molecule has 19 heavy (non-hydrogen) atoms. The molecule has 1 N–H and O–H groups in total. The molecule has 2 aromatic heterocycles. The molecule has 0 unspecified atom stereocenters. The quantitative estimate of drug-likeness (QED) is 0.859. The van der Waals surface area contributed by atoms with E-state index in [1.54, 1.807) is 0 Å². The van der Waals surface area contributed by atoms with Gasteiger partial charge < -0.3 is 5.32 Å². The van der Waals surface area contributed by atoms with Gasteiger partial charge in [-0.25, -0.2) is 18.4 Å². The van der Waals surface area contributed by atoms with Crippen LogP contribution in [-0.4, -0.2) is 21.8 Å². The van der Waals surface area contributed by atoms with E-state index in [0.717, 1.165) is 6.20 Å². The van der Waals surface area contributed by atoms with Crippen LogP contribution in [-0.2, 0) is 6.18 Å². The Morgan fingerprint density at radius 3 is 2.42 bits per heavy atom. The van der Waals surface area contributed by atoms with Gasteiger partial charge in [-0.3, -0.25) is 0 Å². The van der Waals surface area contributed by atoms with Gasteiger partial charge in [0.2, 0.25) is 0 Å². The molecular formula is C10H7F5N4. The minimum Gasteiger partial charge on any atom is -0.371 e. The van der Waals surface area contributed by atoms with Crippen LogP contribution < -0.4 is 5.32 Å². The van der Waals surface area contributed by atoms with Gasteiger partial charge in [-0.15, -0.1) is 0 Å². The number of nitrogens with one attached hydrogen (secondary N) is 1. The Hall–Kier alpha value is -2.19. The Balaban J connectivity index is 2.50. The number of rotatable bonds is 2. The highest BCUT2D eigenvalue weighted by molar-refractivity contribution is 5.41. The third-order valence-corrected chi connectivity index (χ3v) is 2.24. The number of anilines is 1. The van der Waals surface area contributed by atoms with Crippen molar-refractivity contribution in [1.82, 2.24) is 14.8 Å². The van der Waals surface area contributed by atoms with Crippen molar-refractivity contribution >= 4 is 5.82 Å². The third kappa shape index (κ3) is 2.49. The Kier molecular flexibility index (Phi) is 3.13. The molecule has 0 saturated heterocycles. The van der Waals surface area contributed by atoms with Gasteiger partial charge in [-0.1, -0.05) is 0 Å². The number of pyridine rings is 1. The van der Waals surface area contributed by atoms with Gasteiger partial charge in [0.15, 0.2) is 29.0 Å². The summed E-state index contributed by atoms with van der Waals surface area (Å²) in [5.74, 6) is -2.89. The monoisotopic (exact) mass is 278 g/mol. The highest BCUT2D eigenvalue weighted by atomic mass is 19.4. The van der Waals surface area contributed by atoms with Crippen molar-refractivity contribution in [1.29, 1.82) is 0 Å². The van der Waals surface area contributed by atoms with Gasteiger partial charge in [-0.2, -0.15) is 18.3 Å². The highest BCUT2D eigenvalue weighted by Gasteiger charge is 2.34. The number of alkyl halides is 3. The zero-order chi connectivity index (χ0) is 14.2. The smallest absolute Gasteiger partial charge is 0.371 e. The van der Waals surface area contributed by atoms with Crippen LogP contribution in [0.5, 0.6) is 0 Å². The van der Waals surface area contributed by atoms with E-state index in [-0.39, 0.29) is 5.82 Å². The molecule has 0 amide bonds. The molecule has 2 heterocycles. The van der Waals surface area contributed by atoms with Crippen LogP contribution >= 0.6 is 0 Å². The van der Waals surface area contributed by atoms with E-state index in [9.17, 15) is 22.0 Å². The first-order chi connectivity index (χ1) is 8.82. The molecule has 0 bridgehead atoms. The lowest BCUT2D eigenvalue weighted by Gasteiger charge is -2.07. The van der Waals surface area contributed by atoms with Crippen molar-refractivity contribution in [2.45, 2.75) is 6.18 Å². The molecular weight excluding hydrogens is 271 g/mol. The van der Waals surface area contributed by atoms with Gasteiger partial charge in [0, 0.05) is 19.3 Å². The first-order valence-corrected chi connectivity index (χ1v) is 5.00. The van der Waals surface area contributed by atoms with Crippen LogP contribution in [0.2, 0.25) is 0 Å². The van der Waals surface area contributed by atoms with E-state index in [2.05, 4.69) is 15.4 Å². The molecule has 102 valence electrons. The normalized spacial score (nSPS) is 11.7. The van der Waals surface area contributed by atoms with Crippen LogP contribution in [0.4, 0.5) is 27.8 Å². The lowest BCUT2D eigenvalue weighted by atomic mass is 10.4. The van der Waals surface area contributed by atoms with E-state index < -0.39 is 29.3 Å². The average molecular weight is 278 g/mol. The molecule has 2 rings (SSSR count). The molecule has 0 atom stereocenters. The van der Waals surface area contributed by atoms with Crippen LogP contribution in [0.1, 0.15) is 5.69 Å². The van der Waals surface area contributed by atoms with Gasteiger partial charge in [-0.05, 0) is 6.07 Å². The van der Waals surface area contributed by atoms with Crippen molar-refractivity contribution in [3.05, 3.63) is 35.7 Å². The predicted octanol–water partition coefficient (Wildman–Crippen LogP) is 2.61. The summed E-state index contributed by atoms with van der Waals surface area (Å²) in [6.07, 6.45) is -3.75. The number of hydrogen-bond donors (Lipinski definition) is 1. The first kappa shape index (κ1) is 13.2. The summed E-state index contributed by atoms with van der Waals surface area (Å²) < 4.78 is 64.3. The largest absolute Gasteiger partial charge is 0.435 e. The van der Waals surface area contributed by atoms with Crippen molar-refractivity contribution in [2.75, 3.05) is 12.4 Å². The molecule has 4 nitrogen and oxygen atoms in total. The fraction of sp³-hybridized carbons (Fsp3) is 0.200. The number of nitrogens with zero attached hydrogens (tertiary/aromatic N) is 3. The second-order valence-corrected chi connectivity index (χ2v) is 3.52. The minimum atomic E-state index is -4.65. The molecule has 2 aromatic rings. The van der Waals surface area contributed by atoms with Crippen molar-refractivity contribution in [3.8, 4) is 5.82 Å². The van der Waals surface area contributed by atoms with E-state index in [0.29, 0.717) is 16.8 Å². The average Bonchev–Trinajstić information content (AvgIpc) is 2.78. The molecule has 0 fully saturated rings. The summed E-state index contributed by atoms with van der Waals surface area (Å²) >= 11 is 0. The molecule has 0 aromatic carbocycles. The summed E-state index contributed by atoms with van der Waals surface area (Å²) in [5, 5.41) is 5.51. The number of hydrogen-bond acceptors (Lipinski definition) is 3. The maximum Gasteiger partial charge on any atom is 0.435 e. The second kappa shape index (κ2) is 4.48. The van der Waals surface area contributed by atoms with Gasteiger partial charge in [0.05, 0.1) is 0 Å². The van der Waals surface area contributed by atoms with Gasteiger partial charge in [0.1, 0.15) is 0 Å². The zero-order valence-corrected chi connectivity index (χ0v) is 9.46. The van der Waals surface area contributed by atoms with Gasteiger partial charge in [0.25, 0.3) is 0 Å². The zero-order valence-electron chi connectivity index (χ0n) is 9.46. The summed E-state index contributed by atoms with van der Waals surface area (Å²) in [4.78, 5) is 3.53. The van der Waals surface area contributed by atoms with Crippen LogP contribution in [0.15, 0.2) is 18.3 Å². The second-order valence-electron chi connectivity index (χ2n) is 3.52. The SMILES string of the molecule is CNc1nc(-n2ccc(C(F)(F)F)n2)c(F)cc1F. The Morgan fingerprint density at radius 2 is 1.89 bits per heavy atom. The number of halogens is 5. The lowest BCUT2D eigenvalue weighted by molar-refractivity contribution is -0.141. The van der Waals surface area contributed by atoms with Crippen LogP contribution in [0.25, 0.3) is 5.82 Å². The minimum absolute atomic E-state index is 0.291. The molecule has 0 aliphatic carbocycles. The van der Waals surface area contributed by atoms with E-state index >= 15 is 0 Å². The Morgan fingerprint density at radius 1 is 1.21 bits per heavy atom. The fourth-order valence-electron chi connectivity index (χ4n) is 1.39. The maximum absolute atomic E-state index is 13.5. The summed E-state index contributed by atoms with van der Waals surface area (Å²) in [6.45, 7) is 0. The van der Waals surface area contributed by atoms with Crippen molar-refractivity contribution in [3.63, 3.8) is 0 Å². The summed E-state index contributed by atoms with van der Waals surface area (Å²) in [5.41, 5.74) is -1.19. The molecule has 0 aliphatic rings. The molecule has 0 saturated carbocycles. The Bertz CT molecular complexity index is 604. The summed E-state index contributed by atoms with van der Waals surface area (Å²) in [6, 6.07) is 1.19. The van der Waals surface area contributed by atoms with E-state index in [4.69, 9.17) is 0 Å².